The molecule has 1 aromatic carbocycles. The maximum atomic E-state index is 13.3. The van der Waals surface area contributed by atoms with E-state index in [-0.39, 0.29) is 17.7 Å². The Morgan fingerprint density at radius 3 is 2.76 bits per heavy atom. The fourth-order valence-corrected chi connectivity index (χ4v) is 5.42. The van der Waals surface area contributed by atoms with Crippen LogP contribution in [0.15, 0.2) is 74.8 Å². The molecule has 4 aromatic rings. The highest BCUT2D eigenvalue weighted by Crippen LogP contribution is 2.34. The zero-order valence-corrected chi connectivity index (χ0v) is 20.1. The molecule has 4 heterocycles. The summed E-state index contributed by atoms with van der Waals surface area (Å²) in [6.07, 6.45) is 2.18. The van der Waals surface area contributed by atoms with Gasteiger partial charge in [0.2, 0.25) is 0 Å². The molecule has 1 aliphatic rings. The summed E-state index contributed by atoms with van der Waals surface area (Å²) in [7, 11) is 0. The lowest BCUT2D eigenvalue weighted by Gasteiger charge is -2.19. The number of thiophene rings is 1. The molecular formula is C23H20ClN5O2S2. The van der Waals surface area contributed by atoms with Crippen LogP contribution in [0.1, 0.15) is 30.7 Å². The van der Waals surface area contributed by atoms with E-state index in [1.165, 1.54) is 16.8 Å². The molecule has 1 unspecified atom stereocenters. The molecule has 168 valence electrons. The second kappa shape index (κ2) is 9.54. The average Bonchev–Trinajstić information content (AvgIpc) is 3.62. The topological polar surface area (TPSA) is 76.5 Å². The van der Waals surface area contributed by atoms with Crippen molar-refractivity contribution in [3.63, 3.8) is 0 Å². The molecule has 1 atom stereocenters. The molecule has 1 amide bonds. The van der Waals surface area contributed by atoms with Crippen LogP contribution in [-0.4, -0.2) is 37.1 Å². The lowest BCUT2D eigenvalue weighted by Crippen LogP contribution is -2.28. The van der Waals surface area contributed by atoms with Crippen LogP contribution in [0.25, 0.3) is 10.7 Å². The van der Waals surface area contributed by atoms with Crippen molar-refractivity contribution in [1.29, 1.82) is 0 Å². The number of carbonyl (C=O) groups is 1. The summed E-state index contributed by atoms with van der Waals surface area (Å²) in [6.45, 7) is 2.76. The van der Waals surface area contributed by atoms with E-state index in [1.807, 2.05) is 65.4 Å². The largest absolute Gasteiger partial charge is 0.467 e. The molecule has 0 spiro atoms. The molecule has 0 bridgehead atoms. The predicted molar refractivity (Wildman–Crippen MR) is 131 cm³/mol. The summed E-state index contributed by atoms with van der Waals surface area (Å²) >= 11 is 9.02. The van der Waals surface area contributed by atoms with Gasteiger partial charge in [-0.1, -0.05) is 41.6 Å². The van der Waals surface area contributed by atoms with Gasteiger partial charge < -0.3 is 8.98 Å². The molecule has 1 aliphatic heterocycles. The first kappa shape index (κ1) is 21.9. The van der Waals surface area contributed by atoms with Gasteiger partial charge in [0, 0.05) is 18.0 Å². The molecule has 0 radical (unpaired) electrons. The number of hydrazone groups is 1. The third-order valence-corrected chi connectivity index (χ3v) is 7.38. The SMILES string of the molecule is CCn1c(SCC(=O)N2N=C(c3ccc(Cl)cc3)CC2c2ccco2)nnc1-c1cccs1. The van der Waals surface area contributed by atoms with Crippen LogP contribution in [0, 0.1) is 0 Å². The Hall–Kier alpha value is -2.88. The molecule has 0 aliphatic carbocycles. The number of benzene rings is 1. The van der Waals surface area contributed by atoms with Crippen LogP contribution in [0.3, 0.4) is 0 Å². The highest BCUT2D eigenvalue weighted by atomic mass is 35.5. The van der Waals surface area contributed by atoms with Crippen molar-refractivity contribution in [3.05, 3.63) is 76.5 Å². The van der Waals surface area contributed by atoms with Crippen molar-refractivity contribution in [2.24, 2.45) is 5.10 Å². The number of hydrogen-bond donors (Lipinski definition) is 0. The fraction of sp³-hybridized carbons (Fsp3) is 0.217. The number of aromatic nitrogens is 3. The molecule has 0 saturated carbocycles. The summed E-state index contributed by atoms with van der Waals surface area (Å²) < 4.78 is 7.65. The molecular weight excluding hydrogens is 478 g/mol. The summed E-state index contributed by atoms with van der Waals surface area (Å²) in [5.41, 5.74) is 1.76. The normalized spacial score (nSPS) is 15.8. The minimum absolute atomic E-state index is 0.117. The molecule has 5 rings (SSSR count). The monoisotopic (exact) mass is 497 g/mol. The van der Waals surface area contributed by atoms with Crippen LogP contribution >= 0.6 is 34.7 Å². The third-order valence-electron chi connectivity index (χ3n) is 5.31. The van der Waals surface area contributed by atoms with Crippen molar-refractivity contribution >= 4 is 46.3 Å². The summed E-state index contributed by atoms with van der Waals surface area (Å²) in [5.74, 6) is 1.60. The van der Waals surface area contributed by atoms with E-state index < -0.39 is 0 Å². The Morgan fingerprint density at radius 2 is 2.06 bits per heavy atom. The van der Waals surface area contributed by atoms with Gasteiger partial charge in [-0.25, -0.2) is 5.01 Å². The number of halogens is 1. The van der Waals surface area contributed by atoms with Crippen LogP contribution < -0.4 is 0 Å². The maximum Gasteiger partial charge on any atom is 0.253 e. The third kappa shape index (κ3) is 4.48. The van der Waals surface area contributed by atoms with E-state index >= 15 is 0 Å². The van der Waals surface area contributed by atoms with Crippen LogP contribution in [-0.2, 0) is 11.3 Å². The standard InChI is InChI=1S/C23H20ClN5O2S2/c1-2-28-22(20-6-4-12-32-20)25-26-23(28)33-14-21(30)29-18(19-5-3-11-31-19)13-17(27-29)15-7-9-16(24)10-8-15/h3-12,18H,2,13-14H2,1H3. The fourth-order valence-electron chi connectivity index (χ4n) is 3.72. The van der Waals surface area contributed by atoms with Crippen molar-refractivity contribution in [3.8, 4) is 10.7 Å². The van der Waals surface area contributed by atoms with Crippen molar-refractivity contribution in [2.75, 3.05) is 5.75 Å². The van der Waals surface area contributed by atoms with Gasteiger partial charge >= 0.3 is 0 Å². The van der Waals surface area contributed by atoms with Crippen LogP contribution in [0.2, 0.25) is 5.02 Å². The van der Waals surface area contributed by atoms with Crippen molar-refractivity contribution in [2.45, 2.75) is 31.1 Å². The summed E-state index contributed by atoms with van der Waals surface area (Å²) in [6, 6.07) is 14.9. The van der Waals surface area contributed by atoms with E-state index in [4.69, 9.17) is 16.0 Å². The maximum absolute atomic E-state index is 13.3. The average molecular weight is 498 g/mol. The van der Waals surface area contributed by atoms with Gasteiger partial charge in [0.05, 0.1) is 22.6 Å². The van der Waals surface area contributed by atoms with Crippen LogP contribution in [0.5, 0.6) is 0 Å². The van der Waals surface area contributed by atoms with Gasteiger partial charge in [-0.3, -0.25) is 4.79 Å². The summed E-state index contributed by atoms with van der Waals surface area (Å²) in [4.78, 5) is 14.3. The second-order valence-corrected chi connectivity index (χ2v) is 9.67. The summed E-state index contributed by atoms with van der Waals surface area (Å²) in [5, 5.41) is 18.3. The molecule has 0 fully saturated rings. The number of nitrogens with zero attached hydrogens (tertiary/aromatic N) is 5. The molecule has 0 saturated heterocycles. The number of carbonyl (C=O) groups excluding carboxylic acids is 1. The van der Waals surface area contributed by atoms with E-state index in [1.54, 1.807) is 17.6 Å². The predicted octanol–water partition coefficient (Wildman–Crippen LogP) is 5.74. The molecule has 7 nitrogen and oxygen atoms in total. The lowest BCUT2D eigenvalue weighted by molar-refractivity contribution is -0.130. The first-order chi connectivity index (χ1) is 16.1. The minimum Gasteiger partial charge on any atom is -0.467 e. The Balaban J connectivity index is 1.36. The first-order valence-corrected chi connectivity index (χ1v) is 12.7. The smallest absolute Gasteiger partial charge is 0.253 e. The Labute approximate surface area is 204 Å². The van der Waals surface area contributed by atoms with Gasteiger partial charge in [0.15, 0.2) is 11.0 Å². The lowest BCUT2D eigenvalue weighted by atomic mass is 10.0. The van der Waals surface area contributed by atoms with E-state index in [2.05, 4.69) is 15.3 Å². The second-order valence-electron chi connectivity index (χ2n) is 7.34. The highest BCUT2D eigenvalue weighted by molar-refractivity contribution is 7.99. The molecule has 33 heavy (non-hydrogen) atoms. The number of hydrogen-bond acceptors (Lipinski definition) is 7. The number of furan rings is 1. The van der Waals surface area contributed by atoms with Crippen LogP contribution in [0.4, 0.5) is 0 Å². The number of thioether (sulfide) groups is 1. The molecule has 3 aromatic heterocycles. The van der Waals surface area contributed by atoms with E-state index in [0.29, 0.717) is 28.9 Å². The Bertz CT molecular complexity index is 1270. The highest BCUT2D eigenvalue weighted by Gasteiger charge is 2.35. The van der Waals surface area contributed by atoms with Gasteiger partial charge in [0.1, 0.15) is 11.8 Å². The zero-order chi connectivity index (χ0) is 22.8. The van der Waals surface area contributed by atoms with Gasteiger partial charge in [-0.05, 0) is 48.2 Å². The van der Waals surface area contributed by atoms with E-state index in [0.717, 1.165) is 22.0 Å². The minimum atomic E-state index is -0.287. The molecule has 0 N–H and O–H groups in total. The zero-order valence-electron chi connectivity index (χ0n) is 17.7. The van der Waals surface area contributed by atoms with Crippen molar-refractivity contribution < 1.29 is 9.21 Å². The Morgan fingerprint density at radius 1 is 1.21 bits per heavy atom. The van der Waals surface area contributed by atoms with Gasteiger partial charge in [-0.2, -0.15) is 5.10 Å². The number of amides is 1. The quantitative estimate of drug-likeness (QED) is 0.304. The number of rotatable bonds is 7. The van der Waals surface area contributed by atoms with Gasteiger partial charge in [-0.15, -0.1) is 21.5 Å². The van der Waals surface area contributed by atoms with E-state index in [9.17, 15) is 4.79 Å². The van der Waals surface area contributed by atoms with Crippen molar-refractivity contribution in [1.82, 2.24) is 19.8 Å². The molecule has 10 heteroatoms. The Kier molecular flexibility index (Phi) is 6.34. The first-order valence-electron chi connectivity index (χ1n) is 10.4. The van der Waals surface area contributed by atoms with Gasteiger partial charge in [0.25, 0.3) is 5.91 Å².